The van der Waals surface area contributed by atoms with Crippen LogP contribution >= 0.6 is 0 Å². The Hall–Kier alpha value is -1.40. The van der Waals surface area contributed by atoms with E-state index < -0.39 is 17.4 Å². The molecule has 0 aromatic carbocycles. The van der Waals surface area contributed by atoms with Crippen LogP contribution in [0, 0.1) is 11.8 Å². The average Bonchev–Trinajstić information content (AvgIpc) is 3.24. The van der Waals surface area contributed by atoms with E-state index in [4.69, 9.17) is 14.2 Å². The molecule has 3 rings (SSSR count). The van der Waals surface area contributed by atoms with Crippen LogP contribution in [0.15, 0.2) is 12.2 Å². The van der Waals surface area contributed by atoms with Crippen molar-refractivity contribution < 1.29 is 23.8 Å². The van der Waals surface area contributed by atoms with Gasteiger partial charge in [-0.05, 0) is 26.7 Å². The van der Waals surface area contributed by atoms with Crippen LogP contribution in [0.4, 0.5) is 0 Å². The highest BCUT2D eigenvalue weighted by Gasteiger charge is 2.67. The number of unbranched alkanes of at least 4 members (excludes halogenated alkanes) is 2. The van der Waals surface area contributed by atoms with Crippen molar-refractivity contribution in [2.45, 2.75) is 64.3 Å². The molecule has 0 N–H and O–H groups in total. The maximum atomic E-state index is 13.0. The third-order valence-electron chi connectivity index (χ3n) is 5.47. The highest BCUT2D eigenvalue weighted by Crippen LogP contribution is 2.52. The number of likely N-dealkylation sites (tertiary alicyclic amines) is 1. The van der Waals surface area contributed by atoms with E-state index in [1.54, 1.807) is 0 Å². The summed E-state index contributed by atoms with van der Waals surface area (Å²) in [6.07, 6.45) is 7.53. The molecular formula is C20H31NO5. The van der Waals surface area contributed by atoms with Gasteiger partial charge in [0.15, 0.2) is 0 Å². The zero-order chi connectivity index (χ0) is 18.7. The number of fused-ring (bicyclic) bond motifs is 1. The average molecular weight is 365 g/mol. The van der Waals surface area contributed by atoms with E-state index >= 15 is 0 Å². The minimum atomic E-state index is -0.645. The number of carbonyl (C=O) groups is 2. The number of ether oxygens (including phenoxy) is 3. The summed E-state index contributed by atoms with van der Waals surface area (Å²) in [4.78, 5) is 27.4. The van der Waals surface area contributed by atoms with Crippen LogP contribution in [0.25, 0.3) is 0 Å². The van der Waals surface area contributed by atoms with Crippen LogP contribution in [0.2, 0.25) is 0 Å². The second-order valence-corrected chi connectivity index (χ2v) is 7.81. The Kier molecular flexibility index (Phi) is 6.03. The third-order valence-corrected chi connectivity index (χ3v) is 5.47. The molecule has 3 aliphatic rings. The number of hydrogen-bond donors (Lipinski definition) is 0. The summed E-state index contributed by atoms with van der Waals surface area (Å²) in [5, 5.41) is 0. The topological polar surface area (TPSA) is 65.1 Å². The summed E-state index contributed by atoms with van der Waals surface area (Å²) in [6, 6.07) is 0. The van der Waals surface area contributed by atoms with Crippen molar-refractivity contribution in [3.05, 3.63) is 12.2 Å². The molecule has 0 aromatic heterocycles. The Morgan fingerprint density at radius 2 is 2.15 bits per heavy atom. The van der Waals surface area contributed by atoms with Crippen molar-refractivity contribution in [1.82, 2.24) is 4.90 Å². The molecule has 0 aliphatic carbocycles. The highest BCUT2D eigenvalue weighted by molar-refractivity contribution is 5.91. The molecule has 6 heteroatoms. The molecule has 4 atom stereocenters. The molecule has 146 valence electrons. The number of nitrogens with zero attached hydrogens (tertiary/aromatic N) is 1. The molecule has 0 aromatic rings. The minimum absolute atomic E-state index is 0.0110. The first-order valence-corrected chi connectivity index (χ1v) is 9.92. The minimum Gasteiger partial charge on any atom is -0.465 e. The lowest BCUT2D eigenvalue weighted by atomic mass is 9.77. The lowest BCUT2D eigenvalue weighted by molar-refractivity contribution is -0.154. The lowest BCUT2D eigenvalue weighted by Crippen LogP contribution is -2.40. The van der Waals surface area contributed by atoms with Gasteiger partial charge in [-0.3, -0.25) is 9.59 Å². The number of hydrogen-bond acceptors (Lipinski definition) is 5. The zero-order valence-electron chi connectivity index (χ0n) is 16.1. The summed E-state index contributed by atoms with van der Waals surface area (Å²) < 4.78 is 17.1. The first-order valence-electron chi connectivity index (χ1n) is 9.92. The summed E-state index contributed by atoms with van der Waals surface area (Å²) in [6.45, 7) is 8.30. The van der Waals surface area contributed by atoms with Crippen molar-refractivity contribution in [3.8, 4) is 0 Å². The van der Waals surface area contributed by atoms with Crippen LogP contribution in [-0.2, 0) is 23.8 Å². The third kappa shape index (κ3) is 3.67. The van der Waals surface area contributed by atoms with Crippen molar-refractivity contribution in [2.24, 2.45) is 11.8 Å². The quantitative estimate of drug-likeness (QED) is 0.338. The first kappa shape index (κ1) is 19.4. The van der Waals surface area contributed by atoms with Gasteiger partial charge in [-0.2, -0.15) is 0 Å². The monoisotopic (exact) mass is 365 g/mol. The molecule has 0 radical (unpaired) electrons. The van der Waals surface area contributed by atoms with E-state index in [-0.39, 0.29) is 24.1 Å². The SMILES string of the molecule is CCCCCOC(=O)[C@H]1[C@H]2C(=O)N(CCCOC(C)C)C[C@]23C=C[C@H]1O3. The number of esters is 1. The summed E-state index contributed by atoms with van der Waals surface area (Å²) in [5.74, 6) is -1.23. The normalized spacial score (nSPS) is 31.9. The largest absolute Gasteiger partial charge is 0.465 e. The van der Waals surface area contributed by atoms with Crippen molar-refractivity contribution in [1.29, 1.82) is 0 Å². The maximum absolute atomic E-state index is 13.0. The van der Waals surface area contributed by atoms with E-state index in [1.807, 2.05) is 30.9 Å². The standard InChI is InChI=1S/C20H31NO5/c1-4-5-6-11-25-19(23)16-15-8-9-20(26-15)13-21(18(22)17(16)20)10-7-12-24-14(2)3/h8-9,14-17H,4-7,10-13H2,1-3H3/t15-,16-,17+,20-/m1/s1. The highest BCUT2D eigenvalue weighted by atomic mass is 16.6. The molecule has 2 saturated heterocycles. The maximum Gasteiger partial charge on any atom is 0.312 e. The second-order valence-electron chi connectivity index (χ2n) is 7.81. The summed E-state index contributed by atoms with van der Waals surface area (Å²) >= 11 is 0. The molecule has 3 aliphatic heterocycles. The number of carbonyl (C=O) groups excluding carboxylic acids is 2. The molecular weight excluding hydrogens is 334 g/mol. The molecule has 2 fully saturated rings. The molecule has 1 spiro atoms. The Morgan fingerprint density at radius 3 is 2.88 bits per heavy atom. The molecule has 0 saturated carbocycles. The number of rotatable bonds is 10. The van der Waals surface area contributed by atoms with Gasteiger partial charge in [-0.15, -0.1) is 0 Å². The van der Waals surface area contributed by atoms with E-state index in [9.17, 15) is 9.59 Å². The molecule has 3 heterocycles. The van der Waals surface area contributed by atoms with Crippen molar-refractivity contribution >= 4 is 11.9 Å². The summed E-state index contributed by atoms with van der Waals surface area (Å²) in [5.41, 5.74) is -0.645. The Labute approximate surface area is 155 Å². The van der Waals surface area contributed by atoms with Crippen LogP contribution < -0.4 is 0 Å². The van der Waals surface area contributed by atoms with E-state index in [0.717, 1.165) is 25.7 Å². The molecule has 26 heavy (non-hydrogen) atoms. The molecule has 0 unspecified atom stereocenters. The van der Waals surface area contributed by atoms with Crippen LogP contribution in [0.1, 0.15) is 46.5 Å². The predicted octanol–water partition coefficient (Wildman–Crippen LogP) is 2.32. The lowest BCUT2D eigenvalue weighted by Gasteiger charge is -2.22. The van der Waals surface area contributed by atoms with Gasteiger partial charge < -0.3 is 19.1 Å². The predicted molar refractivity (Wildman–Crippen MR) is 96.5 cm³/mol. The van der Waals surface area contributed by atoms with E-state index in [1.165, 1.54) is 0 Å². The fourth-order valence-electron chi connectivity index (χ4n) is 4.23. The van der Waals surface area contributed by atoms with Gasteiger partial charge in [0.2, 0.25) is 5.91 Å². The van der Waals surface area contributed by atoms with E-state index in [0.29, 0.717) is 26.3 Å². The van der Waals surface area contributed by atoms with Gasteiger partial charge in [0.25, 0.3) is 0 Å². The van der Waals surface area contributed by atoms with Crippen molar-refractivity contribution in [2.75, 3.05) is 26.3 Å². The first-order chi connectivity index (χ1) is 12.5. The Bertz CT molecular complexity index is 560. The zero-order valence-corrected chi connectivity index (χ0v) is 16.1. The van der Waals surface area contributed by atoms with Gasteiger partial charge in [0.1, 0.15) is 11.5 Å². The second kappa shape index (κ2) is 8.09. The fraction of sp³-hybridized carbons (Fsp3) is 0.800. The molecule has 6 nitrogen and oxygen atoms in total. The van der Waals surface area contributed by atoms with E-state index in [2.05, 4.69) is 6.92 Å². The van der Waals surface area contributed by atoms with Crippen LogP contribution in [0.3, 0.4) is 0 Å². The van der Waals surface area contributed by atoms with Gasteiger partial charge in [-0.1, -0.05) is 31.9 Å². The van der Waals surface area contributed by atoms with Gasteiger partial charge in [0, 0.05) is 13.2 Å². The fourth-order valence-corrected chi connectivity index (χ4v) is 4.23. The smallest absolute Gasteiger partial charge is 0.312 e. The van der Waals surface area contributed by atoms with Gasteiger partial charge >= 0.3 is 5.97 Å². The Morgan fingerprint density at radius 1 is 1.35 bits per heavy atom. The number of amides is 1. The Balaban J connectivity index is 1.59. The van der Waals surface area contributed by atoms with Crippen LogP contribution in [0.5, 0.6) is 0 Å². The van der Waals surface area contributed by atoms with Crippen LogP contribution in [-0.4, -0.2) is 60.9 Å². The van der Waals surface area contributed by atoms with Gasteiger partial charge in [-0.25, -0.2) is 0 Å². The summed E-state index contributed by atoms with van der Waals surface area (Å²) in [7, 11) is 0. The van der Waals surface area contributed by atoms with Crippen molar-refractivity contribution in [3.63, 3.8) is 0 Å². The molecule has 2 bridgehead atoms. The van der Waals surface area contributed by atoms with Gasteiger partial charge in [0.05, 0.1) is 31.3 Å². The molecule has 1 amide bonds.